The van der Waals surface area contributed by atoms with E-state index >= 15 is 0 Å². The minimum absolute atomic E-state index is 0.106. The van der Waals surface area contributed by atoms with Crippen LogP contribution in [0, 0.1) is 0 Å². The van der Waals surface area contributed by atoms with Crippen molar-refractivity contribution in [2.24, 2.45) is 4.99 Å². The maximum atomic E-state index is 11.7. The Morgan fingerprint density at radius 1 is 1.26 bits per heavy atom. The monoisotopic (exact) mass is 439 g/mol. The van der Waals surface area contributed by atoms with E-state index in [4.69, 9.17) is 9.84 Å². The van der Waals surface area contributed by atoms with E-state index in [2.05, 4.69) is 41.5 Å². The number of ether oxygens (including phenoxy) is 1. The van der Waals surface area contributed by atoms with Crippen molar-refractivity contribution in [1.29, 1.82) is 0 Å². The number of nitrogens with zero attached hydrogens (tertiary/aromatic N) is 3. The van der Waals surface area contributed by atoms with Crippen molar-refractivity contribution in [1.82, 2.24) is 15.3 Å². The number of carbonyl (C=O) groups excluding carboxylic acids is 1. The van der Waals surface area contributed by atoms with Gasteiger partial charge in [-0.25, -0.2) is 14.6 Å². The number of fused-ring (bicyclic) bond motifs is 1. The van der Waals surface area contributed by atoms with Gasteiger partial charge in [0.05, 0.1) is 22.2 Å². The second-order valence-corrected chi connectivity index (χ2v) is 6.25. The van der Waals surface area contributed by atoms with E-state index in [9.17, 15) is 19.8 Å². The molecule has 27 heavy (non-hydrogen) atoms. The maximum absolute atomic E-state index is 11.7. The normalized spacial score (nSPS) is 18.3. The summed E-state index contributed by atoms with van der Waals surface area (Å²) in [6, 6.07) is 3.53. The van der Waals surface area contributed by atoms with Crippen molar-refractivity contribution < 1.29 is 29.6 Å². The Bertz CT molecular complexity index is 923. The number of esters is 1. The smallest absolute Gasteiger partial charge is 0.340 e. The molecule has 142 valence electrons. The lowest BCUT2D eigenvalue weighted by Crippen LogP contribution is -2.42. The maximum Gasteiger partial charge on any atom is 0.340 e. The average Bonchev–Trinajstić information content (AvgIpc) is 3.09. The molecule has 3 atom stereocenters. The van der Waals surface area contributed by atoms with Crippen LogP contribution >= 0.6 is 15.9 Å². The number of aliphatic carboxylic acids is 1. The van der Waals surface area contributed by atoms with Crippen molar-refractivity contribution in [3.05, 3.63) is 29.0 Å². The predicted molar refractivity (Wildman–Crippen MR) is 95.8 cm³/mol. The molecular formula is C15H14BrN5O6. The number of guanidine groups is 1. The lowest BCUT2D eigenvalue weighted by atomic mass is 10.2. The highest BCUT2D eigenvalue weighted by Gasteiger charge is 2.33. The molecule has 5 N–H and O–H groups in total. The molecule has 1 aliphatic rings. The molecule has 2 heterocycles. The minimum atomic E-state index is -2.27. The number of nitrogens with one attached hydrogen (secondary N) is 2. The summed E-state index contributed by atoms with van der Waals surface area (Å²) in [5, 5.41) is 33.1. The molecule has 0 amide bonds. The quantitative estimate of drug-likeness (QED) is 0.381. The van der Waals surface area contributed by atoms with Gasteiger partial charge in [0.15, 0.2) is 18.2 Å². The molecule has 1 aliphatic heterocycles. The number of hydrogen-bond acceptors (Lipinski definition) is 10. The molecular weight excluding hydrogens is 426 g/mol. The van der Waals surface area contributed by atoms with Gasteiger partial charge in [0, 0.05) is 12.4 Å². The summed E-state index contributed by atoms with van der Waals surface area (Å²) in [6.07, 6.45) is -2.33. The fourth-order valence-corrected chi connectivity index (χ4v) is 2.80. The number of carbonyl (C=O) groups is 2. The highest BCUT2D eigenvalue weighted by molar-refractivity contribution is 9.10. The third-order valence-electron chi connectivity index (χ3n) is 3.59. The van der Waals surface area contributed by atoms with Crippen LogP contribution < -0.4 is 10.6 Å². The number of aliphatic imine (C=N–C) groups is 1. The Labute approximate surface area is 160 Å². The van der Waals surface area contributed by atoms with Crippen LogP contribution in [0.1, 0.15) is 0 Å². The standard InChI is InChI=1S/C15H14BrN5O6/c16-9-6(1-2-7-10(9)18-4-3-17-7)20-15-19-5-8(21-15)27-14(26)12(23)11(22)13(24)25/h1-4,8,11-12,22-23H,5H2,(H,24,25)(H2,19,20,21)/t8?,11-,12-/m0/s1. The SMILES string of the molecule is O=C(O)[C@@H](O)[C@H](O)C(=O)OC1CNC(Nc2ccc3nccnc3c2Br)=N1. The summed E-state index contributed by atoms with van der Waals surface area (Å²) in [4.78, 5) is 34.8. The van der Waals surface area contributed by atoms with E-state index < -0.39 is 30.4 Å². The Morgan fingerprint density at radius 3 is 2.74 bits per heavy atom. The zero-order valence-corrected chi connectivity index (χ0v) is 15.1. The summed E-state index contributed by atoms with van der Waals surface area (Å²) < 4.78 is 5.54. The number of aromatic nitrogens is 2. The van der Waals surface area contributed by atoms with Crippen LogP contribution in [-0.4, -0.2) is 68.2 Å². The summed E-state index contributed by atoms with van der Waals surface area (Å²) in [7, 11) is 0. The number of anilines is 1. The number of aliphatic hydroxyl groups is 2. The van der Waals surface area contributed by atoms with Crippen LogP contribution in [0.25, 0.3) is 11.0 Å². The molecule has 3 rings (SSSR count). The Balaban J connectivity index is 1.67. The summed E-state index contributed by atoms with van der Waals surface area (Å²) >= 11 is 3.44. The van der Waals surface area contributed by atoms with E-state index in [0.29, 0.717) is 27.2 Å². The number of hydrogen-bond donors (Lipinski definition) is 5. The first-order valence-corrected chi connectivity index (χ1v) is 8.43. The van der Waals surface area contributed by atoms with Gasteiger partial charge in [0.25, 0.3) is 0 Å². The molecule has 0 bridgehead atoms. The molecule has 1 unspecified atom stereocenters. The molecule has 12 heteroatoms. The summed E-state index contributed by atoms with van der Waals surface area (Å²) in [5.74, 6) is -2.73. The van der Waals surface area contributed by atoms with Gasteiger partial charge in [-0.05, 0) is 28.1 Å². The molecule has 0 saturated carbocycles. The molecule has 0 fully saturated rings. The summed E-state index contributed by atoms with van der Waals surface area (Å²) in [5.41, 5.74) is 1.99. The minimum Gasteiger partial charge on any atom is -0.479 e. The van der Waals surface area contributed by atoms with E-state index in [1.54, 1.807) is 24.5 Å². The molecule has 0 radical (unpaired) electrons. The van der Waals surface area contributed by atoms with Crippen molar-refractivity contribution in [2.75, 3.05) is 11.9 Å². The molecule has 1 aromatic carbocycles. The third-order valence-corrected chi connectivity index (χ3v) is 4.40. The fraction of sp³-hybridized carbons (Fsp3) is 0.267. The first kappa shape index (κ1) is 18.9. The van der Waals surface area contributed by atoms with Gasteiger partial charge >= 0.3 is 11.9 Å². The number of rotatable bonds is 5. The van der Waals surface area contributed by atoms with E-state index in [-0.39, 0.29) is 6.54 Å². The second kappa shape index (κ2) is 7.82. The second-order valence-electron chi connectivity index (χ2n) is 5.45. The van der Waals surface area contributed by atoms with Gasteiger partial charge in [-0.2, -0.15) is 0 Å². The number of halogens is 1. The first-order valence-electron chi connectivity index (χ1n) is 7.64. The topological polar surface area (TPSA) is 166 Å². The van der Waals surface area contributed by atoms with Gasteiger partial charge in [0.2, 0.25) is 6.23 Å². The number of carboxylic acid groups (broad SMARTS) is 1. The lowest BCUT2D eigenvalue weighted by Gasteiger charge is -2.14. The zero-order valence-electron chi connectivity index (χ0n) is 13.5. The van der Waals surface area contributed by atoms with Gasteiger partial charge in [-0.3, -0.25) is 9.97 Å². The molecule has 0 saturated heterocycles. The number of aliphatic hydroxyl groups excluding tert-OH is 2. The van der Waals surface area contributed by atoms with Gasteiger partial charge in [-0.1, -0.05) is 0 Å². The Kier molecular flexibility index (Phi) is 5.48. The predicted octanol–water partition coefficient (Wildman–Crippen LogP) is -0.561. The van der Waals surface area contributed by atoms with Crippen LogP contribution in [0.3, 0.4) is 0 Å². The first-order chi connectivity index (χ1) is 12.9. The molecule has 11 nitrogen and oxygen atoms in total. The molecule has 0 spiro atoms. The van der Waals surface area contributed by atoms with Crippen molar-refractivity contribution in [3.8, 4) is 0 Å². The van der Waals surface area contributed by atoms with Gasteiger partial charge in [-0.15, -0.1) is 0 Å². The number of carboxylic acids is 1. The molecule has 1 aromatic heterocycles. The van der Waals surface area contributed by atoms with Gasteiger partial charge in [0.1, 0.15) is 5.52 Å². The van der Waals surface area contributed by atoms with Gasteiger partial charge < -0.3 is 30.7 Å². The van der Waals surface area contributed by atoms with Crippen molar-refractivity contribution >= 4 is 50.5 Å². The zero-order chi connectivity index (χ0) is 19.6. The van der Waals surface area contributed by atoms with Crippen LogP contribution in [-0.2, 0) is 14.3 Å². The van der Waals surface area contributed by atoms with Crippen LogP contribution in [0.5, 0.6) is 0 Å². The fourth-order valence-electron chi connectivity index (χ4n) is 2.26. The van der Waals surface area contributed by atoms with Crippen LogP contribution in [0.15, 0.2) is 34.0 Å². The average molecular weight is 440 g/mol. The lowest BCUT2D eigenvalue weighted by molar-refractivity contribution is -0.172. The largest absolute Gasteiger partial charge is 0.479 e. The van der Waals surface area contributed by atoms with E-state index in [0.717, 1.165) is 0 Å². The summed E-state index contributed by atoms with van der Waals surface area (Å²) in [6.45, 7) is 0.106. The number of benzene rings is 1. The van der Waals surface area contributed by atoms with Crippen LogP contribution in [0.4, 0.5) is 5.69 Å². The van der Waals surface area contributed by atoms with E-state index in [1.165, 1.54) is 0 Å². The highest BCUT2D eigenvalue weighted by atomic mass is 79.9. The third kappa shape index (κ3) is 4.13. The molecule has 0 aliphatic carbocycles. The Hall–Kier alpha value is -2.83. The van der Waals surface area contributed by atoms with Crippen molar-refractivity contribution in [3.63, 3.8) is 0 Å². The molecule has 2 aromatic rings. The van der Waals surface area contributed by atoms with Crippen molar-refractivity contribution in [2.45, 2.75) is 18.4 Å². The highest BCUT2D eigenvalue weighted by Crippen LogP contribution is 2.29. The Morgan fingerprint density at radius 2 is 2.00 bits per heavy atom. The van der Waals surface area contributed by atoms with E-state index in [1.807, 2.05) is 0 Å². The van der Waals surface area contributed by atoms with Crippen LogP contribution in [0.2, 0.25) is 0 Å².